The van der Waals surface area contributed by atoms with E-state index < -0.39 is 0 Å². The van der Waals surface area contributed by atoms with Crippen molar-refractivity contribution >= 4 is 22.4 Å². The highest BCUT2D eigenvalue weighted by molar-refractivity contribution is 6.34. The minimum atomic E-state index is 0.431. The van der Waals surface area contributed by atoms with Gasteiger partial charge in [-0.25, -0.2) is 0 Å². The Balaban J connectivity index is 2.20. The third-order valence-corrected chi connectivity index (χ3v) is 2.93. The molecular weight excluding hydrogens is 236 g/mol. The monoisotopic (exact) mass is 244 g/mol. The van der Waals surface area contributed by atoms with Crippen LogP contribution in [0.3, 0.4) is 0 Å². The van der Waals surface area contributed by atoms with E-state index in [9.17, 15) is 0 Å². The number of aromatic nitrogens is 4. The van der Waals surface area contributed by atoms with Crippen LogP contribution in [0.15, 0.2) is 36.8 Å². The summed E-state index contributed by atoms with van der Waals surface area (Å²) in [4.78, 5) is 0. The van der Waals surface area contributed by atoms with Gasteiger partial charge in [0.2, 0.25) is 0 Å². The molecule has 0 unspecified atom stereocenters. The molecule has 0 fully saturated rings. The SMILES string of the molecule is Cn1cc(-c2ccc3c(Cl)nncc3c2)cn1. The molecule has 17 heavy (non-hydrogen) atoms. The second-order valence-electron chi connectivity index (χ2n) is 3.84. The maximum atomic E-state index is 5.97. The molecule has 0 spiro atoms. The van der Waals surface area contributed by atoms with E-state index in [4.69, 9.17) is 11.6 Å². The lowest BCUT2D eigenvalue weighted by molar-refractivity contribution is 0.768. The van der Waals surface area contributed by atoms with Crippen LogP contribution in [0, 0.1) is 0 Å². The van der Waals surface area contributed by atoms with Gasteiger partial charge in [-0.3, -0.25) is 4.68 Å². The molecular formula is C12H9ClN4. The summed E-state index contributed by atoms with van der Waals surface area (Å²) in [5.41, 5.74) is 2.16. The van der Waals surface area contributed by atoms with E-state index >= 15 is 0 Å². The molecule has 1 aromatic carbocycles. The predicted molar refractivity (Wildman–Crippen MR) is 66.8 cm³/mol. The Morgan fingerprint density at radius 2 is 2.06 bits per heavy atom. The summed E-state index contributed by atoms with van der Waals surface area (Å²) in [6, 6.07) is 5.99. The summed E-state index contributed by atoms with van der Waals surface area (Å²) in [7, 11) is 1.90. The van der Waals surface area contributed by atoms with Crippen LogP contribution in [0.1, 0.15) is 0 Å². The van der Waals surface area contributed by atoms with Gasteiger partial charge in [-0.2, -0.15) is 10.2 Å². The van der Waals surface area contributed by atoms with E-state index in [-0.39, 0.29) is 0 Å². The van der Waals surface area contributed by atoms with Gasteiger partial charge in [-0.1, -0.05) is 23.7 Å². The van der Waals surface area contributed by atoms with Crippen molar-refractivity contribution in [1.82, 2.24) is 20.0 Å². The minimum absolute atomic E-state index is 0.431. The molecule has 84 valence electrons. The van der Waals surface area contributed by atoms with Crippen molar-refractivity contribution in [1.29, 1.82) is 0 Å². The Bertz CT molecular complexity index is 690. The largest absolute Gasteiger partial charge is 0.275 e. The zero-order valence-electron chi connectivity index (χ0n) is 9.13. The third-order valence-electron chi connectivity index (χ3n) is 2.65. The van der Waals surface area contributed by atoms with Crippen LogP contribution in [-0.4, -0.2) is 20.0 Å². The number of fused-ring (bicyclic) bond motifs is 1. The Hall–Kier alpha value is -1.94. The van der Waals surface area contributed by atoms with Crippen LogP contribution < -0.4 is 0 Å². The Morgan fingerprint density at radius 1 is 1.18 bits per heavy atom. The predicted octanol–water partition coefficient (Wildman–Crippen LogP) is 2.68. The highest BCUT2D eigenvalue weighted by Crippen LogP contribution is 2.26. The Labute approximate surface area is 103 Å². The first kappa shape index (κ1) is 10.2. The molecule has 0 atom stereocenters. The fraction of sp³-hybridized carbons (Fsp3) is 0.0833. The molecule has 4 nitrogen and oxygen atoms in total. The Morgan fingerprint density at radius 3 is 2.82 bits per heavy atom. The fourth-order valence-corrected chi connectivity index (χ4v) is 2.02. The van der Waals surface area contributed by atoms with Gasteiger partial charge in [0.1, 0.15) is 0 Å². The van der Waals surface area contributed by atoms with E-state index in [1.54, 1.807) is 10.9 Å². The molecule has 2 aromatic heterocycles. The summed E-state index contributed by atoms with van der Waals surface area (Å²) in [5.74, 6) is 0. The fourth-order valence-electron chi connectivity index (χ4n) is 1.80. The molecule has 0 saturated heterocycles. The molecule has 0 bridgehead atoms. The number of rotatable bonds is 1. The van der Waals surface area contributed by atoms with Crippen LogP contribution in [0.25, 0.3) is 21.9 Å². The molecule has 2 heterocycles. The summed E-state index contributed by atoms with van der Waals surface area (Å²) in [6.45, 7) is 0. The van der Waals surface area contributed by atoms with Crippen LogP contribution in [0.5, 0.6) is 0 Å². The number of aryl methyl sites for hydroxylation is 1. The quantitative estimate of drug-likeness (QED) is 0.661. The van der Waals surface area contributed by atoms with Crippen molar-refractivity contribution in [2.24, 2.45) is 7.05 Å². The lowest BCUT2D eigenvalue weighted by Crippen LogP contribution is -1.85. The van der Waals surface area contributed by atoms with Gasteiger partial charge < -0.3 is 0 Å². The van der Waals surface area contributed by atoms with Crippen LogP contribution >= 0.6 is 11.6 Å². The molecule has 0 N–H and O–H groups in total. The normalized spacial score (nSPS) is 10.9. The molecule has 0 amide bonds. The topological polar surface area (TPSA) is 43.6 Å². The lowest BCUT2D eigenvalue weighted by atomic mass is 10.1. The van der Waals surface area contributed by atoms with Crippen molar-refractivity contribution < 1.29 is 0 Å². The summed E-state index contributed by atoms with van der Waals surface area (Å²) < 4.78 is 1.78. The number of hydrogen-bond acceptors (Lipinski definition) is 3. The van der Waals surface area contributed by atoms with Crippen molar-refractivity contribution in [3.63, 3.8) is 0 Å². The first-order valence-corrected chi connectivity index (χ1v) is 5.52. The zero-order chi connectivity index (χ0) is 11.8. The molecule has 0 saturated carbocycles. The van der Waals surface area contributed by atoms with Gasteiger partial charge >= 0.3 is 0 Å². The first-order valence-electron chi connectivity index (χ1n) is 5.14. The number of benzene rings is 1. The molecule has 0 aliphatic carbocycles. The second kappa shape index (κ2) is 3.82. The maximum absolute atomic E-state index is 5.97. The highest BCUT2D eigenvalue weighted by Gasteiger charge is 2.04. The highest BCUT2D eigenvalue weighted by atomic mass is 35.5. The number of hydrogen-bond donors (Lipinski definition) is 0. The average molecular weight is 245 g/mol. The standard InChI is InChI=1S/C12H9ClN4/c1-17-7-10(6-15-17)8-2-3-11-9(4-8)5-14-16-12(11)13/h2-7H,1H3. The molecule has 0 radical (unpaired) electrons. The number of nitrogens with zero attached hydrogens (tertiary/aromatic N) is 4. The van der Waals surface area contributed by atoms with Crippen molar-refractivity contribution in [3.05, 3.63) is 41.9 Å². The smallest absolute Gasteiger partial charge is 0.159 e. The van der Waals surface area contributed by atoms with Crippen LogP contribution in [0.4, 0.5) is 0 Å². The van der Waals surface area contributed by atoms with E-state index in [2.05, 4.69) is 15.3 Å². The second-order valence-corrected chi connectivity index (χ2v) is 4.20. The average Bonchev–Trinajstić information content (AvgIpc) is 2.76. The molecule has 5 heteroatoms. The van der Waals surface area contributed by atoms with Gasteiger partial charge in [0.15, 0.2) is 5.15 Å². The van der Waals surface area contributed by atoms with E-state index in [1.165, 1.54) is 0 Å². The van der Waals surface area contributed by atoms with E-state index in [0.717, 1.165) is 21.9 Å². The lowest BCUT2D eigenvalue weighted by Gasteiger charge is -2.01. The third kappa shape index (κ3) is 1.76. The van der Waals surface area contributed by atoms with Crippen LogP contribution in [0.2, 0.25) is 5.15 Å². The number of halogens is 1. The van der Waals surface area contributed by atoms with Crippen LogP contribution in [-0.2, 0) is 7.05 Å². The van der Waals surface area contributed by atoms with Crippen molar-refractivity contribution in [3.8, 4) is 11.1 Å². The molecule has 3 aromatic rings. The van der Waals surface area contributed by atoms with Gasteiger partial charge in [0.25, 0.3) is 0 Å². The maximum Gasteiger partial charge on any atom is 0.159 e. The Kier molecular flexibility index (Phi) is 2.30. The molecule has 0 aliphatic heterocycles. The molecule has 0 aliphatic rings. The van der Waals surface area contributed by atoms with Crippen molar-refractivity contribution in [2.75, 3.05) is 0 Å². The molecule has 3 rings (SSSR count). The van der Waals surface area contributed by atoms with E-state index in [1.807, 2.05) is 37.6 Å². The minimum Gasteiger partial charge on any atom is -0.275 e. The summed E-state index contributed by atoms with van der Waals surface area (Å²) in [6.07, 6.45) is 5.51. The van der Waals surface area contributed by atoms with E-state index in [0.29, 0.717) is 5.15 Å². The zero-order valence-corrected chi connectivity index (χ0v) is 9.89. The first-order chi connectivity index (χ1) is 8.24. The van der Waals surface area contributed by atoms with Gasteiger partial charge in [0.05, 0.1) is 12.4 Å². The van der Waals surface area contributed by atoms with Crippen molar-refractivity contribution in [2.45, 2.75) is 0 Å². The summed E-state index contributed by atoms with van der Waals surface area (Å²) in [5, 5.41) is 14.1. The summed E-state index contributed by atoms with van der Waals surface area (Å²) >= 11 is 5.97. The van der Waals surface area contributed by atoms with Gasteiger partial charge in [0, 0.05) is 29.6 Å². The van der Waals surface area contributed by atoms with Gasteiger partial charge in [-0.05, 0) is 11.6 Å². The van der Waals surface area contributed by atoms with Gasteiger partial charge in [-0.15, -0.1) is 5.10 Å².